The van der Waals surface area contributed by atoms with Crippen molar-refractivity contribution >= 4 is 23.0 Å². The van der Waals surface area contributed by atoms with E-state index in [2.05, 4.69) is 15.7 Å². The van der Waals surface area contributed by atoms with Gasteiger partial charge in [-0.05, 0) is 57.2 Å². The van der Waals surface area contributed by atoms with Gasteiger partial charge in [-0.3, -0.25) is 9.48 Å². The van der Waals surface area contributed by atoms with E-state index in [-0.39, 0.29) is 11.8 Å². The van der Waals surface area contributed by atoms with Gasteiger partial charge in [0.05, 0.1) is 11.6 Å². The third-order valence-corrected chi connectivity index (χ3v) is 4.61. The Hall–Kier alpha value is -3.08. The third kappa shape index (κ3) is 3.77. The first kappa shape index (κ1) is 17.7. The normalized spacial score (nSPS) is 11.8. The largest absolute Gasteiger partial charge is 0.356 e. The Morgan fingerprint density at radius 1 is 0.962 bits per heavy atom. The number of aromatic nitrogens is 2. The van der Waals surface area contributed by atoms with Crippen molar-refractivity contribution in [1.82, 2.24) is 9.78 Å². The number of amides is 1. The number of nitrogens with zero attached hydrogens (tertiary/aromatic N) is 2. The lowest BCUT2D eigenvalue weighted by molar-refractivity contribution is -0.117. The molecule has 5 heteroatoms. The summed E-state index contributed by atoms with van der Waals surface area (Å²) in [5.41, 5.74) is 5.69. The SMILES string of the molecule is Cc1nn(C)c(C)c1[C@@H](C)C(=O)Nc1ccc(Nc2ccccc2)cc1. The fraction of sp³-hybridized carbons (Fsp3) is 0.238. The van der Waals surface area contributed by atoms with Crippen LogP contribution in [0.2, 0.25) is 0 Å². The standard InChI is InChI=1S/C21H24N4O/c1-14(20-15(2)24-25(4)16(20)3)21(26)23-19-12-10-18(11-13-19)22-17-8-6-5-7-9-17/h5-14,22H,1-4H3,(H,23,26)/t14-/m1/s1. The Morgan fingerprint density at radius 3 is 2.12 bits per heavy atom. The molecular weight excluding hydrogens is 324 g/mol. The highest BCUT2D eigenvalue weighted by Gasteiger charge is 2.22. The van der Waals surface area contributed by atoms with Crippen molar-refractivity contribution in [3.63, 3.8) is 0 Å². The minimum atomic E-state index is -0.258. The fourth-order valence-electron chi connectivity index (χ4n) is 3.12. The molecule has 26 heavy (non-hydrogen) atoms. The van der Waals surface area contributed by atoms with Crippen molar-refractivity contribution in [1.29, 1.82) is 0 Å². The summed E-state index contributed by atoms with van der Waals surface area (Å²) in [4.78, 5) is 12.6. The van der Waals surface area contributed by atoms with Gasteiger partial charge in [0.15, 0.2) is 0 Å². The van der Waals surface area contributed by atoms with Crippen LogP contribution in [-0.4, -0.2) is 15.7 Å². The van der Waals surface area contributed by atoms with Crippen LogP contribution in [0.4, 0.5) is 17.1 Å². The van der Waals surface area contributed by atoms with Gasteiger partial charge < -0.3 is 10.6 Å². The summed E-state index contributed by atoms with van der Waals surface area (Å²) in [6.45, 7) is 5.84. The van der Waals surface area contributed by atoms with E-state index >= 15 is 0 Å². The highest BCUT2D eigenvalue weighted by molar-refractivity contribution is 5.96. The van der Waals surface area contributed by atoms with Crippen molar-refractivity contribution in [3.05, 3.63) is 71.5 Å². The molecule has 5 nitrogen and oxygen atoms in total. The second-order valence-electron chi connectivity index (χ2n) is 6.49. The molecule has 1 heterocycles. The molecule has 0 spiro atoms. The lowest BCUT2D eigenvalue weighted by atomic mass is 9.98. The van der Waals surface area contributed by atoms with Gasteiger partial charge in [-0.2, -0.15) is 5.10 Å². The van der Waals surface area contributed by atoms with Gasteiger partial charge in [0.1, 0.15) is 0 Å². The first-order chi connectivity index (χ1) is 12.5. The molecule has 0 radical (unpaired) electrons. The third-order valence-electron chi connectivity index (χ3n) is 4.61. The Morgan fingerprint density at radius 2 is 1.54 bits per heavy atom. The Labute approximate surface area is 154 Å². The number of carbonyl (C=O) groups excluding carboxylic acids is 1. The number of benzene rings is 2. The van der Waals surface area contributed by atoms with Gasteiger partial charge in [-0.1, -0.05) is 18.2 Å². The molecule has 1 atom stereocenters. The average molecular weight is 348 g/mol. The molecule has 0 aliphatic carbocycles. The highest BCUT2D eigenvalue weighted by atomic mass is 16.1. The van der Waals surface area contributed by atoms with Crippen molar-refractivity contribution in [3.8, 4) is 0 Å². The highest BCUT2D eigenvalue weighted by Crippen LogP contribution is 2.25. The van der Waals surface area contributed by atoms with E-state index in [4.69, 9.17) is 0 Å². The molecule has 3 rings (SSSR count). The number of anilines is 3. The maximum Gasteiger partial charge on any atom is 0.231 e. The Bertz CT molecular complexity index is 898. The van der Waals surface area contributed by atoms with Crippen LogP contribution in [0.5, 0.6) is 0 Å². The lowest BCUT2D eigenvalue weighted by Gasteiger charge is -2.14. The van der Waals surface area contributed by atoms with Crippen molar-refractivity contribution in [2.45, 2.75) is 26.7 Å². The zero-order valence-electron chi connectivity index (χ0n) is 15.6. The Balaban J connectivity index is 1.67. The number of hydrogen-bond donors (Lipinski definition) is 2. The van der Waals surface area contributed by atoms with E-state index in [1.807, 2.05) is 87.1 Å². The second-order valence-corrected chi connectivity index (χ2v) is 6.49. The van der Waals surface area contributed by atoms with E-state index in [9.17, 15) is 4.79 Å². The van der Waals surface area contributed by atoms with Crippen LogP contribution in [0.15, 0.2) is 54.6 Å². The molecule has 0 aliphatic heterocycles. The molecule has 0 bridgehead atoms. The minimum Gasteiger partial charge on any atom is -0.356 e. The summed E-state index contributed by atoms with van der Waals surface area (Å²) >= 11 is 0. The van der Waals surface area contributed by atoms with Gasteiger partial charge in [-0.15, -0.1) is 0 Å². The van der Waals surface area contributed by atoms with E-state index < -0.39 is 0 Å². The molecule has 0 unspecified atom stereocenters. The lowest BCUT2D eigenvalue weighted by Crippen LogP contribution is -2.19. The molecule has 1 aromatic heterocycles. The summed E-state index contributed by atoms with van der Waals surface area (Å²) < 4.78 is 1.82. The monoisotopic (exact) mass is 348 g/mol. The van der Waals surface area contributed by atoms with Crippen LogP contribution in [-0.2, 0) is 11.8 Å². The molecule has 3 aromatic rings. The van der Waals surface area contributed by atoms with Crippen LogP contribution in [0.25, 0.3) is 0 Å². The topological polar surface area (TPSA) is 59.0 Å². The van der Waals surface area contributed by atoms with Gasteiger partial charge in [0.25, 0.3) is 0 Å². The predicted octanol–water partition coefficient (Wildman–Crippen LogP) is 4.52. The molecule has 0 saturated heterocycles. The predicted molar refractivity (Wildman–Crippen MR) is 106 cm³/mol. The first-order valence-electron chi connectivity index (χ1n) is 8.69. The van der Waals surface area contributed by atoms with Crippen molar-refractivity contribution in [2.24, 2.45) is 7.05 Å². The van der Waals surface area contributed by atoms with Gasteiger partial charge in [-0.25, -0.2) is 0 Å². The van der Waals surface area contributed by atoms with Crippen LogP contribution in [0.1, 0.15) is 29.8 Å². The fourth-order valence-corrected chi connectivity index (χ4v) is 3.12. The molecule has 0 saturated carbocycles. The Kier molecular flexibility index (Phi) is 5.07. The summed E-state index contributed by atoms with van der Waals surface area (Å²) in [5.74, 6) is -0.293. The van der Waals surface area contributed by atoms with E-state index in [1.165, 1.54) is 0 Å². The number of hydrogen-bond acceptors (Lipinski definition) is 3. The number of carbonyl (C=O) groups is 1. The summed E-state index contributed by atoms with van der Waals surface area (Å²) in [6.07, 6.45) is 0. The van der Waals surface area contributed by atoms with Crippen molar-refractivity contribution in [2.75, 3.05) is 10.6 Å². The number of rotatable bonds is 5. The van der Waals surface area contributed by atoms with Gasteiger partial charge in [0.2, 0.25) is 5.91 Å². The molecule has 134 valence electrons. The molecular formula is C21H24N4O. The maximum absolute atomic E-state index is 12.6. The number of para-hydroxylation sites is 1. The van der Waals surface area contributed by atoms with E-state index in [0.29, 0.717) is 0 Å². The quantitative estimate of drug-likeness (QED) is 0.712. The first-order valence-corrected chi connectivity index (χ1v) is 8.69. The summed E-state index contributed by atoms with van der Waals surface area (Å²) in [5, 5.41) is 10.7. The molecule has 2 aromatic carbocycles. The molecule has 0 aliphatic rings. The molecule has 1 amide bonds. The van der Waals surface area contributed by atoms with Crippen LogP contribution in [0, 0.1) is 13.8 Å². The second kappa shape index (κ2) is 7.44. The number of aryl methyl sites for hydroxylation is 2. The molecule has 2 N–H and O–H groups in total. The van der Waals surface area contributed by atoms with Gasteiger partial charge >= 0.3 is 0 Å². The number of nitrogens with one attached hydrogen (secondary N) is 2. The maximum atomic E-state index is 12.6. The van der Waals surface area contributed by atoms with Crippen LogP contribution >= 0.6 is 0 Å². The smallest absolute Gasteiger partial charge is 0.231 e. The van der Waals surface area contributed by atoms with Crippen LogP contribution < -0.4 is 10.6 Å². The van der Waals surface area contributed by atoms with Crippen LogP contribution in [0.3, 0.4) is 0 Å². The summed E-state index contributed by atoms with van der Waals surface area (Å²) in [6, 6.07) is 17.7. The summed E-state index contributed by atoms with van der Waals surface area (Å²) in [7, 11) is 1.90. The van der Waals surface area contributed by atoms with E-state index in [0.717, 1.165) is 34.0 Å². The minimum absolute atomic E-state index is 0.0343. The zero-order valence-corrected chi connectivity index (χ0v) is 15.6. The van der Waals surface area contributed by atoms with E-state index in [1.54, 1.807) is 0 Å². The zero-order chi connectivity index (χ0) is 18.7. The molecule has 0 fully saturated rings. The van der Waals surface area contributed by atoms with Gasteiger partial charge in [0, 0.05) is 35.4 Å². The van der Waals surface area contributed by atoms with Crippen molar-refractivity contribution < 1.29 is 4.79 Å². The average Bonchev–Trinajstić information content (AvgIpc) is 2.89.